The highest BCUT2D eigenvalue weighted by atomic mass is 35.6. The summed E-state index contributed by atoms with van der Waals surface area (Å²) in [5.41, 5.74) is 9.82. The molecule has 11 heteroatoms. The molecule has 0 aromatic heterocycles. The molecule has 0 saturated carbocycles. The van der Waals surface area contributed by atoms with Crippen molar-refractivity contribution in [3.63, 3.8) is 0 Å². The molecule has 4 N–H and O–H groups in total. The minimum atomic E-state index is -4.02. The lowest BCUT2D eigenvalue weighted by atomic mass is 9.86. The van der Waals surface area contributed by atoms with Gasteiger partial charge >= 0.3 is 6.09 Å². The van der Waals surface area contributed by atoms with Crippen LogP contribution in [-0.4, -0.2) is 35.5 Å². The number of nitrogens with one attached hydrogen (secondary N) is 1. The van der Waals surface area contributed by atoms with E-state index in [1.54, 1.807) is 18.2 Å². The monoisotopic (exact) mass is 572 g/mol. The van der Waals surface area contributed by atoms with Crippen LogP contribution >= 0.6 is 34.8 Å². The van der Waals surface area contributed by atoms with Crippen molar-refractivity contribution in [1.29, 1.82) is 0 Å². The minimum Gasteiger partial charge on any atom is -0.445 e. The van der Waals surface area contributed by atoms with E-state index < -0.39 is 20.0 Å². The number of aryl methyl sites for hydroxylation is 1. The van der Waals surface area contributed by atoms with Gasteiger partial charge in [-0.1, -0.05) is 95.0 Å². The van der Waals surface area contributed by atoms with Gasteiger partial charge in [0.25, 0.3) is 10.1 Å². The summed E-state index contributed by atoms with van der Waals surface area (Å²) in [6.07, 6.45) is -0.694. The summed E-state index contributed by atoms with van der Waals surface area (Å²) in [6, 6.07) is 23.3. The molecule has 1 amide bonds. The summed E-state index contributed by atoms with van der Waals surface area (Å²) in [5.74, 6) is 0.000135. The molecule has 3 rings (SSSR count). The highest BCUT2D eigenvalue weighted by Gasteiger charge is 2.23. The zero-order chi connectivity index (χ0) is 26.9. The number of benzene rings is 3. The third kappa shape index (κ3) is 10.3. The van der Waals surface area contributed by atoms with Gasteiger partial charge < -0.3 is 10.5 Å². The molecule has 0 saturated heterocycles. The molecule has 0 fully saturated rings. The molecule has 0 aliphatic rings. The van der Waals surface area contributed by atoms with Gasteiger partial charge in [-0.3, -0.25) is 9.87 Å². The molecule has 0 spiro atoms. The number of anilines is 1. The van der Waals surface area contributed by atoms with Crippen LogP contribution in [0.2, 0.25) is 0 Å². The van der Waals surface area contributed by atoms with E-state index in [0.29, 0.717) is 5.69 Å². The third-order valence-electron chi connectivity index (χ3n) is 4.86. The van der Waals surface area contributed by atoms with E-state index >= 15 is 0 Å². The van der Waals surface area contributed by atoms with Gasteiger partial charge in [-0.25, -0.2) is 4.79 Å². The Morgan fingerprint density at radius 1 is 1.00 bits per heavy atom. The number of rotatable bonds is 6. The molecule has 2 unspecified atom stereocenters. The predicted molar refractivity (Wildman–Crippen MR) is 145 cm³/mol. The number of hydrogen-bond donors (Lipinski definition) is 3. The molecule has 0 radical (unpaired) electrons. The van der Waals surface area contributed by atoms with Crippen LogP contribution in [0.25, 0.3) is 0 Å². The Bertz CT molecular complexity index is 1230. The third-order valence-corrected chi connectivity index (χ3v) is 6.06. The van der Waals surface area contributed by atoms with Crippen molar-refractivity contribution in [3.8, 4) is 0 Å². The Morgan fingerprint density at radius 2 is 1.58 bits per heavy atom. The average Bonchev–Trinajstić information content (AvgIpc) is 2.78. The molecule has 3 aromatic rings. The summed E-state index contributed by atoms with van der Waals surface area (Å²) < 4.78 is 32.8. The number of carbonyl (C=O) groups is 1. The molecule has 36 heavy (non-hydrogen) atoms. The first-order valence-corrected chi connectivity index (χ1v) is 13.3. The largest absolute Gasteiger partial charge is 0.445 e. The average molecular weight is 574 g/mol. The quantitative estimate of drug-likeness (QED) is 0.234. The highest BCUT2D eigenvalue weighted by molar-refractivity contribution is 7.85. The molecular weight excluding hydrogens is 547 g/mol. The van der Waals surface area contributed by atoms with Crippen molar-refractivity contribution in [2.75, 3.05) is 11.9 Å². The number of hydrogen-bond acceptors (Lipinski definition) is 5. The van der Waals surface area contributed by atoms with E-state index in [1.807, 2.05) is 62.4 Å². The predicted octanol–water partition coefficient (Wildman–Crippen LogP) is 6.33. The second-order valence-corrected chi connectivity index (χ2v) is 11.9. The van der Waals surface area contributed by atoms with Crippen LogP contribution in [0.3, 0.4) is 0 Å². The van der Waals surface area contributed by atoms with Gasteiger partial charge in [0.2, 0.25) is 3.79 Å². The van der Waals surface area contributed by atoms with Gasteiger partial charge in [0.05, 0.1) is 4.90 Å². The van der Waals surface area contributed by atoms with Crippen LogP contribution in [0.15, 0.2) is 83.8 Å². The van der Waals surface area contributed by atoms with Crippen LogP contribution in [0.5, 0.6) is 0 Å². The minimum absolute atomic E-state index is 0.000135. The van der Waals surface area contributed by atoms with Gasteiger partial charge in [0.1, 0.15) is 6.61 Å². The lowest BCUT2D eigenvalue weighted by Gasteiger charge is -2.22. The number of amides is 1. The van der Waals surface area contributed by atoms with Crippen molar-refractivity contribution in [3.05, 3.63) is 95.6 Å². The van der Waals surface area contributed by atoms with Gasteiger partial charge in [0, 0.05) is 17.6 Å². The van der Waals surface area contributed by atoms with Gasteiger partial charge in [0.15, 0.2) is 0 Å². The summed E-state index contributed by atoms with van der Waals surface area (Å²) in [4.78, 5) is 11.7. The van der Waals surface area contributed by atoms with Crippen molar-refractivity contribution in [1.82, 2.24) is 0 Å². The lowest BCUT2D eigenvalue weighted by molar-refractivity contribution is 0.164. The van der Waals surface area contributed by atoms with Crippen LogP contribution < -0.4 is 11.1 Å². The maximum Gasteiger partial charge on any atom is 0.411 e. The molecule has 0 aliphatic carbocycles. The van der Waals surface area contributed by atoms with Crippen LogP contribution in [0.4, 0.5) is 10.5 Å². The number of nitrogens with two attached hydrogens (primary N) is 1. The Morgan fingerprint density at radius 3 is 2.11 bits per heavy atom. The van der Waals surface area contributed by atoms with E-state index in [9.17, 15) is 13.2 Å². The van der Waals surface area contributed by atoms with Crippen LogP contribution in [0, 0.1) is 6.92 Å². The lowest BCUT2D eigenvalue weighted by Crippen LogP contribution is -2.26. The molecule has 194 valence electrons. The number of alkyl halides is 3. The number of carbonyl (C=O) groups excluding carboxylic acids is 1. The second kappa shape index (κ2) is 13.3. The van der Waals surface area contributed by atoms with Crippen LogP contribution in [0.1, 0.15) is 29.5 Å². The van der Waals surface area contributed by atoms with E-state index in [-0.39, 0.29) is 23.5 Å². The van der Waals surface area contributed by atoms with Crippen molar-refractivity contribution >= 4 is 56.7 Å². The molecule has 2 atom stereocenters. The zero-order valence-electron chi connectivity index (χ0n) is 19.6. The van der Waals surface area contributed by atoms with Gasteiger partial charge in [-0.15, -0.1) is 0 Å². The first-order valence-electron chi connectivity index (χ1n) is 10.7. The Labute approximate surface area is 226 Å². The topological polar surface area (TPSA) is 119 Å². The number of ether oxygens (including phenoxy) is 1. The maximum atomic E-state index is 11.8. The summed E-state index contributed by atoms with van der Waals surface area (Å²) >= 11 is 16.7. The molecule has 0 aliphatic heterocycles. The fourth-order valence-corrected chi connectivity index (χ4v) is 3.93. The van der Waals surface area contributed by atoms with E-state index in [4.69, 9.17) is 49.8 Å². The molecule has 7 nitrogen and oxygen atoms in total. The Balaban J connectivity index is 0.000000346. The van der Waals surface area contributed by atoms with E-state index in [2.05, 4.69) is 5.32 Å². The SMILES string of the molecule is CC(N)C(c1ccccc1)c1cccc(NC(=O)OCC(Cl)(Cl)Cl)c1.Cc1ccc(S(=O)(=O)O)cc1. The maximum absolute atomic E-state index is 11.8. The molecule has 3 aromatic carbocycles. The van der Waals surface area contributed by atoms with E-state index in [1.165, 1.54) is 12.1 Å². The fraction of sp³-hybridized carbons (Fsp3) is 0.240. The standard InChI is InChI=1S/C18H19Cl3N2O2.C7H8O3S/c1-12(22)16(13-6-3-2-4-7-13)14-8-5-9-15(10-14)23-17(24)25-11-18(19,20)21;1-6-2-4-7(5-3-6)11(8,9)10/h2-10,12,16H,11,22H2,1H3,(H,23,24);2-5H,1H3,(H,8,9,10). The summed E-state index contributed by atoms with van der Waals surface area (Å²) in [6.45, 7) is 3.45. The first kappa shape index (κ1) is 29.9. The molecular formula is C25H27Cl3N2O5S. The zero-order valence-corrected chi connectivity index (χ0v) is 22.7. The highest BCUT2D eigenvalue weighted by Crippen LogP contribution is 2.29. The second-order valence-electron chi connectivity index (χ2n) is 7.98. The van der Waals surface area contributed by atoms with E-state index in [0.717, 1.165) is 16.7 Å². The normalized spacial score (nSPS) is 13.1. The van der Waals surface area contributed by atoms with Gasteiger partial charge in [-0.2, -0.15) is 8.42 Å². The van der Waals surface area contributed by atoms with Crippen LogP contribution in [-0.2, 0) is 14.9 Å². The molecule has 0 heterocycles. The van der Waals surface area contributed by atoms with Crippen molar-refractivity contribution in [2.24, 2.45) is 5.73 Å². The van der Waals surface area contributed by atoms with Crippen molar-refractivity contribution < 1.29 is 22.5 Å². The smallest absolute Gasteiger partial charge is 0.411 e. The van der Waals surface area contributed by atoms with Gasteiger partial charge in [-0.05, 0) is 49.2 Å². The Hall–Kier alpha value is -2.33. The number of halogens is 3. The Kier molecular flexibility index (Phi) is 11.0. The summed E-state index contributed by atoms with van der Waals surface area (Å²) in [7, 11) is -4.02. The fourth-order valence-electron chi connectivity index (χ4n) is 3.28. The molecule has 0 bridgehead atoms. The van der Waals surface area contributed by atoms with Crippen molar-refractivity contribution in [2.45, 2.75) is 34.5 Å². The first-order chi connectivity index (χ1) is 16.8. The summed E-state index contributed by atoms with van der Waals surface area (Å²) in [5, 5.41) is 2.62.